The summed E-state index contributed by atoms with van der Waals surface area (Å²) in [6.45, 7) is 4.00. The number of hydrogen-bond acceptors (Lipinski definition) is 3. The molecular formula is C54H37N3O. The van der Waals surface area contributed by atoms with Crippen LogP contribution in [0, 0.1) is 0 Å². The van der Waals surface area contributed by atoms with E-state index in [9.17, 15) is 0 Å². The first-order chi connectivity index (χ1) is 28.7. The van der Waals surface area contributed by atoms with Crippen LogP contribution in [0.3, 0.4) is 0 Å². The van der Waals surface area contributed by atoms with Crippen LogP contribution < -0.4 is 0 Å². The van der Waals surface area contributed by atoms with Crippen LogP contribution in [0.5, 0.6) is 0 Å². The van der Waals surface area contributed by atoms with Crippen LogP contribution in [0.15, 0.2) is 192 Å². The van der Waals surface area contributed by atoms with E-state index in [4.69, 9.17) is 14.4 Å². The number of aromatic nitrogens is 3. The van der Waals surface area contributed by atoms with Gasteiger partial charge in [-0.15, -0.1) is 0 Å². The minimum absolute atomic E-state index is 0.634. The van der Waals surface area contributed by atoms with Crippen molar-refractivity contribution in [2.75, 3.05) is 0 Å². The molecule has 58 heavy (non-hydrogen) atoms. The second-order valence-electron chi connectivity index (χ2n) is 14.6. The lowest BCUT2D eigenvalue weighted by Crippen LogP contribution is -2.04. The Morgan fingerprint density at radius 1 is 0.397 bits per heavy atom. The van der Waals surface area contributed by atoms with E-state index in [-0.39, 0.29) is 0 Å². The van der Waals surface area contributed by atoms with Crippen molar-refractivity contribution in [2.45, 2.75) is 13.8 Å². The molecule has 0 saturated heterocycles. The fraction of sp³-hybridized carbons (Fsp3) is 0.0370. The van der Waals surface area contributed by atoms with Crippen molar-refractivity contribution in [1.82, 2.24) is 14.5 Å². The molecule has 274 valence electrons. The van der Waals surface area contributed by atoms with E-state index in [1.165, 1.54) is 32.7 Å². The van der Waals surface area contributed by atoms with Crippen LogP contribution in [0.2, 0.25) is 0 Å². The van der Waals surface area contributed by atoms with Gasteiger partial charge in [0, 0.05) is 38.1 Å². The largest absolute Gasteiger partial charge is 0.456 e. The topological polar surface area (TPSA) is 43.9 Å². The predicted octanol–water partition coefficient (Wildman–Crippen LogP) is 15.0. The van der Waals surface area contributed by atoms with E-state index in [1.807, 2.05) is 26.0 Å². The second kappa shape index (κ2) is 13.6. The first kappa shape index (κ1) is 33.8. The van der Waals surface area contributed by atoms with Crippen LogP contribution in [0.4, 0.5) is 0 Å². The van der Waals surface area contributed by atoms with Gasteiger partial charge in [-0.3, -0.25) is 4.57 Å². The van der Waals surface area contributed by atoms with Gasteiger partial charge in [0.05, 0.1) is 22.2 Å². The average molecular weight is 744 g/mol. The lowest BCUT2D eigenvalue weighted by atomic mass is 9.96. The molecule has 12 rings (SSSR count). The third kappa shape index (κ3) is 5.30. The Labute approximate surface area is 335 Å². The zero-order chi connectivity index (χ0) is 38.7. The molecule has 0 spiro atoms. The summed E-state index contributed by atoms with van der Waals surface area (Å²) in [6, 6.07) is 66.8. The molecule has 0 saturated carbocycles. The first-order valence-corrected chi connectivity index (χ1v) is 20.0. The van der Waals surface area contributed by atoms with E-state index in [0.29, 0.717) is 5.95 Å². The van der Waals surface area contributed by atoms with Crippen molar-refractivity contribution in [3.05, 3.63) is 188 Å². The highest BCUT2D eigenvalue weighted by molar-refractivity contribution is 6.17. The van der Waals surface area contributed by atoms with Crippen LogP contribution in [0.25, 0.3) is 116 Å². The SMILES string of the molecule is CC.c1ccc2cc3c(cc2c1)c1cccc(-c2ccc4oc5ccccc5c4c2)c1n3-c1nc(-c2ccc(-c3cccc4ccccc34)cc2)c2ccccc2n1. The molecule has 0 unspecified atom stereocenters. The molecule has 0 bridgehead atoms. The summed E-state index contributed by atoms with van der Waals surface area (Å²) >= 11 is 0. The Balaban J connectivity index is 0.00000190. The number of fused-ring (bicyclic) bond motifs is 9. The molecule has 9 aromatic carbocycles. The molecule has 0 atom stereocenters. The fourth-order valence-electron chi connectivity index (χ4n) is 8.75. The smallest absolute Gasteiger partial charge is 0.235 e. The van der Waals surface area contributed by atoms with Crippen molar-refractivity contribution < 1.29 is 4.42 Å². The molecule has 12 aromatic rings. The van der Waals surface area contributed by atoms with Gasteiger partial charge in [0.25, 0.3) is 0 Å². The highest BCUT2D eigenvalue weighted by Crippen LogP contribution is 2.42. The quantitative estimate of drug-likeness (QED) is 0.180. The van der Waals surface area contributed by atoms with Gasteiger partial charge in [-0.05, 0) is 74.6 Å². The Morgan fingerprint density at radius 3 is 1.84 bits per heavy atom. The zero-order valence-electron chi connectivity index (χ0n) is 32.1. The Bertz CT molecular complexity index is 3530. The molecule has 0 N–H and O–H groups in total. The van der Waals surface area contributed by atoms with E-state index < -0.39 is 0 Å². The first-order valence-electron chi connectivity index (χ1n) is 20.0. The molecular weight excluding hydrogens is 707 g/mol. The molecule has 0 aliphatic carbocycles. The van der Waals surface area contributed by atoms with Gasteiger partial charge < -0.3 is 4.42 Å². The van der Waals surface area contributed by atoms with Crippen LogP contribution in [0.1, 0.15) is 13.8 Å². The molecule has 3 aromatic heterocycles. The minimum atomic E-state index is 0.634. The Kier molecular flexibility index (Phi) is 7.90. The van der Waals surface area contributed by atoms with Gasteiger partial charge in [-0.25, -0.2) is 9.97 Å². The van der Waals surface area contributed by atoms with Gasteiger partial charge in [0.15, 0.2) is 0 Å². The molecule has 0 aliphatic rings. The van der Waals surface area contributed by atoms with Crippen LogP contribution in [-0.4, -0.2) is 14.5 Å². The van der Waals surface area contributed by atoms with Crippen molar-refractivity contribution >= 4 is 76.2 Å². The third-order valence-electron chi connectivity index (χ3n) is 11.4. The van der Waals surface area contributed by atoms with E-state index in [1.54, 1.807) is 0 Å². The summed E-state index contributed by atoms with van der Waals surface area (Å²) in [5.74, 6) is 0.634. The van der Waals surface area contributed by atoms with Gasteiger partial charge in [0.1, 0.15) is 11.2 Å². The number of benzene rings is 9. The van der Waals surface area contributed by atoms with Crippen molar-refractivity contribution in [3.63, 3.8) is 0 Å². The molecule has 0 amide bonds. The fourth-order valence-corrected chi connectivity index (χ4v) is 8.75. The standard InChI is InChI=1S/C52H31N3O.C2H6/c1-2-13-36-31-47-44(29-35(36)12-1)42-20-10-19-40(37-27-28-49-45(30-37)41-16-6-8-22-48(41)56-49)51(42)55(47)52-53-46-21-7-5-17-43(46)50(54-52)34-25-23-33(24-26-34)39-18-9-14-32-11-3-4-15-38(32)39;1-2/h1-31H;1-2H3. The van der Waals surface area contributed by atoms with Crippen LogP contribution in [-0.2, 0) is 0 Å². The molecule has 0 fully saturated rings. The van der Waals surface area contributed by atoms with E-state index in [0.717, 1.165) is 77.0 Å². The summed E-state index contributed by atoms with van der Waals surface area (Å²) in [4.78, 5) is 10.8. The maximum Gasteiger partial charge on any atom is 0.235 e. The third-order valence-corrected chi connectivity index (χ3v) is 11.4. The number of nitrogens with zero attached hydrogens (tertiary/aromatic N) is 3. The number of rotatable bonds is 4. The molecule has 0 radical (unpaired) electrons. The van der Waals surface area contributed by atoms with Crippen molar-refractivity contribution in [2.24, 2.45) is 0 Å². The van der Waals surface area contributed by atoms with Crippen LogP contribution >= 0.6 is 0 Å². The van der Waals surface area contributed by atoms with Gasteiger partial charge in [-0.2, -0.15) is 0 Å². The number of para-hydroxylation sites is 3. The van der Waals surface area contributed by atoms with E-state index >= 15 is 0 Å². The lowest BCUT2D eigenvalue weighted by Gasteiger charge is -2.14. The lowest BCUT2D eigenvalue weighted by molar-refractivity contribution is 0.669. The molecule has 4 nitrogen and oxygen atoms in total. The van der Waals surface area contributed by atoms with Crippen molar-refractivity contribution in [1.29, 1.82) is 0 Å². The Morgan fingerprint density at radius 2 is 1.00 bits per heavy atom. The number of hydrogen-bond donors (Lipinski definition) is 0. The zero-order valence-corrected chi connectivity index (χ0v) is 32.1. The monoisotopic (exact) mass is 743 g/mol. The summed E-state index contributed by atoms with van der Waals surface area (Å²) in [6.07, 6.45) is 0. The van der Waals surface area contributed by atoms with Gasteiger partial charge >= 0.3 is 0 Å². The minimum Gasteiger partial charge on any atom is -0.456 e. The normalized spacial score (nSPS) is 11.6. The highest BCUT2D eigenvalue weighted by atomic mass is 16.3. The molecule has 3 heterocycles. The summed E-state index contributed by atoms with van der Waals surface area (Å²) < 4.78 is 8.52. The van der Waals surface area contributed by atoms with Gasteiger partial charge in [-0.1, -0.05) is 166 Å². The summed E-state index contributed by atoms with van der Waals surface area (Å²) in [5, 5.41) is 10.4. The van der Waals surface area contributed by atoms with Crippen molar-refractivity contribution in [3.8, 4) is 39.5 Å². The molecule has 0 aliphatic heterocycles. The molecule has 4 heteroatoms. The van der Waals surface area contributed by atoms with E-state index in [2.05, 4.69) is 180 Å². The highest BCUT2D eigenvalue weighted by Gasteiger charge is 2.21. The maximum atomic E-state index is 6.24. The van der Waals surface area contributed by atoms with Gasteiger partial charge in [0.2, 0.25) is 5.95 Å². The second-order valence-corrected chi connectivity index (χ2v) is 14.6. The maximum absolute atomic E-state index is 6.24. The summed E-state index contributed by atoms with van der Waals surface area (Å²) in [7, 11) is 0. The average Bonchev–Trinajstić information content (AvgIpc) is 3.83. The predicted molar refractivity (Wildman–Crippen MR) is 244 cm³/mol. The summed E-state index contributed by atoms with van der Waals surface area (Å²) in [5.41, 5.74) is 11.3. The Hall–Kier alpha value is -7.56. The number of furan rings is 1.